The van der Waals surface area contributed by atoms with Crippen LogP contribution in [-0.4, -0.2) is 24.2 Å². The van der Waals surface area contributed by atoms with Crippen LogP contribution in [0.3, 0.4) is 0 Å². The highest BCUT2D eigenvalue weighted by atomic mass is 32.2. The van der Waals surface area contributed by atoms with E-state index >= 15 is 0 Å². The van der Waals surface area contributed by atoms with Gasteiger partial charge in [0.1, 0.15) is 5.75 Å². The molecule has 0 aliphatic carbocycles. The second-order valence-corrected chi connectivity index (χ2v) is 7.98. The summed E-state index contributed by atoms with van der Waals surface area (Å²) in [7, 11) is 0. The number of allylic oxidation sites excluding steroid dienone is 2. The molecule has 2 aromatic carbocycles. The number of para-hydroxylation sites is 2. The third-order valence-corrected chi connectivity index (χ3v) is 5.85. The molecule has 3 rings (SSSR count). The summed E-state index contributed by atoms with van der Waals surface area (Å²) in [5.74, 6) is -0.910. The molecule has 164 valence electrons. The number of nitrogens with two attached hydrogens (primary N) is 1. The van der Waals surface area contributed by atoms with Crippen molar-refractivity contribution < 1.29 is 14.3 Å². The highest BCUT2D eigenvalue weighted by Crippen LogP contribution is 2.43. The van der Waals surface area contributed by atoms with Gasteiger partial charge in [-0.3, -0.25) is 9.59 Å². The lowest BCUT2D eigenvalue weighted by Crippen LogP contribution is -2.31. The molecule has 7 nitrogen and oxygen atoms in total. The second-order valence-electron chi connectivity index (χ2n) is 7.00. The van der Waals surface area contributed by atoms with Crippen LogP contribution in [0.2, 0.25) is 0 Å². The van der Waals surface area contributed by atoms with Crippen LogP contribution in [0.25, 0.3) is 0 Å². The van der Waals surface area contributed by atoms with Gasteiger partial charge in [-0.05, 0) is 32.0 Å². The molecular formula is C24H24N4O3S. The molecule has 1 unspecified atom stereocenters. The predicted molar refractivity (Wildman–Crippen MR) is 126 cm³/mol. The van der Waals surface area contributed by atoms with Crippen molar-refractivity contribution in [2.24, 2.45) is 5.73 Å². The number of nitriles is 1. The second kappa shape index (κ2) is 10.6. The summed E-state index contributed by atoms with van der Waals surface area (Å²) in [4.78, 5) is 24.8. The minimum absolute atomic E-state index is 0.00612. The molecular weight excluding hydrogens is 424 g/mol. The monoisotopic (exact) mass is 448 g/mol. The molecule has 0 aromatic heterocycles. The van der Waals surface area contributed by atoms with Crippen molar-refractivity contribution in [1.29, 1.82) is 5.26 Å². The lowest BCUT2D eigenvalue weighted by molar-refractivity contribution is -0.115. The zero-order valence-corrected chi connectivity index (χ0v) is 18.7. The van der Waals surface area contributed by atoms with E-state index in [2.05, 4.69) is 16.7 Å². The average Bonchev–Trinajstić information content (AvgIpc) is 2.78. The fraction of sp³-hybridized carbons (Fsp3) is 0.208. The Labute approximate surface area is 191 Å². The van der Waals surface area contributed by atoms with Gasteiger partial charge in [-0.2, -0.15) is 5.26 Å². The number of primary amides is 1. The van der Waals surface area contributed by atoms with Gasteiger partial charge >= 0.3 is 0 Å². The van der Waals surface area contributed by atoms with E-state index in [0.717, 1.165) is 11.8 Å². The number of ether oxygens (including phenoxy) is 1. The number of rotatable bonds is 8. The SMILES string of the molecule is CCOc1ccccc1C1C(C#N)=C(SCC(N)=O)NC(C)=C1C(=O)Nc1ccccc1. The summed E-state index contributed by atoms with van der Waals surface area (Å²) < 4.78 is 5.81. The van der Waals surface area contributed by atoms with E-state index in [1.165, 1.54) is 0 Å². The maximum Gasteiger partial charge on any atom is 0.254 e. The van der Waals surface area contributed by atoms with Crippen molar-refractivity contribution in [2.75, 3.05) is 17.7 Å². The van der Waals surface area contributed by atoms with Crippen molar-refractivity contribution >= 4 is 29.3 Å². The van der Waals surface area contributed by atoms with Crippen LogP contribution in [0.4, 0.5) is 5.69 Å². The Kier molecular flexibility index (Phi) is 7.58. The number of hydrogen-bond acceptors (Lipinski definition) is 6. The van der Waals surface area contributed by atoms with Crippen LogP contribution in [0, 0.1) is 11.3 Å². The normalized spacial score (nSPS) is 15.6. The molecule has 32 heavy (non-hydrogen) atoms. The molecule has 2 amide bonds. The smallest absolute Gasteiger partial charge is 0.254 e. The summed E-state index contributed by atoms with van der Waals surface area (Å²) in [6, 6.07) is 18.7. The number of hydrogen-bond donors (Lipinski definition) is 3. The van der Waals surface area contributed by atoms with Gasteiger partial charge in [0.15, 0.2) is 0 Å². The quantitative estimate of drug-likeness (QED) is 0.568. The Bertz CT molecular complexity index is 1120. The van der Waals surface area contributed by atoms with E-state index in [4.69, 9.17) is 10.5 Å². The molecule has 4 N–H and O–H groups in total. The van der Waals surface area contributed by atoms with Crippen molar-refractivity contribution in [1.82, 2.24) is 5.32 Å². The van der Waals surface area contributed by atoms with Crippen LogP contribution in [0.15, 0.2) is 76.5 Å². The molecule has 1 atom stereocenters. The van der Waals surface area contributed by atoms with Gasteiger partial charge in [0.2, 0.25) is 5.91 Å². The van der Waals surface area contributed by atoms with E-state index in [-0.39, 0.29) is 11.7 Å². The number of amides is 2. The van der Waals surface area contributed by atoms with E-state index in [1.807, 2.05) is 49.4 Å². The van der Waals surface area contributed by atoms with Gasteiger partial charge in [-0.15, -0.1) is 0 Å². The zero-order valence-electron chi connectivity index (χ0n) is 17.8. The van der Waals surface area contributed by atoms with Gasteiger partial charge in [0.25, 0.3) is 5.91 Å². The minimum Gasteiger partial charge on any atom is -0.494 e. The molecule has 0 saturated carbocycles. The van der Waals surface area contributed by atoms with E-state index in [0.29, 0.717) is 45.5 Å². The van der Waals surface area contributed by atoms with Gasteiger partial charge in [-0.1, -0.05) is 48.2 Å². The molecule has 0 spiro atoms. The van der Waals surface area contributed by atoms with Gasteiger partial charge in [0, 0.05) is 22.5 Å². The molecule has 0 radical (unpaired) electrons. The van der Waals surface area contributed by atoms with E-state index in [9.17, 15) is 14.9 Å². The molecule has 2 aromatic rings. The van der Waals surface area contributed by atoms with E-state index in [1.54, 1.807) is 19.1 Å². The molecule has 0 saturated heterocycles. The number of carbonyl (C=O) groups excluding carboxylic acids is 2. The first-order chi connectivity index (χ1) is 15.5. The zero-order chi connectivity index (χ0) is 23.1. The third-order valence-electron chi connectivity index (χ3n) is 4.81. The number of nitrogens with one attached hydrogen (secondary N) is 2. The largest absolute Gasteiger partial charge is 0.494 e. The van der Waals surface area contributed by atoms with Gasteiger partial charge < -0.3 is 21.1 Å². The maximum atomic E-state index is 13.4. The fourth-order valence-electron chi connectivity index (χ4n) is 3.51. The number of benzene rings is 2. The van der Waals surface area contributed by atoms with Crippen LogP contribution in [0.5, 0.6) is 5.75 Å². The molecule has 8 heteroatoms. The number of anilines is 1. The molecule has 1 heterocycles. The lowest BCUT2D eigenvalue weighted by atomic mass is 9.81. The maximum absolute atomic E-state index is 13.4. The summed E-state index contributed by atoms with van der Waals surface area (Å²) in [5.41, 5.74) is 7.97. The Morgan fingerprint density at radius 2 is 1.88 bits per heavy atom. The van der Waals surface area contributed by atoms with Crippen LogP contribution < -0.4 is 21.1 Å². The lowest BCUT2D eigenvalue weighted by Gasteiger charge is -2.30. The van der Waals surface area contributed by atoms with E-state index < -0.39 is 11.8 Å². The van der Waals surface area contributed by atoms with Crippen molar-refractivity contribution in [2.45, 2.75) is 19.8 Å². The Morgan fingerprint density at radius 3 is 2.53 bits per heavy atom. The average molecular weight is 449 g/mol. The van der Waals surface area contributed by atoms with Crippen LogP contribution in [0.1, 0.15) is 25.3 Å². The molecule has 1 aliphatic heterocycles. The Balaban J connectivity index is 2.12. The van der Waals surface area contributed by atoms with Crippen molar-refractivity contribution in [3.8, 4) is 11.8 Å². The summed E-state index contributed by atoms with van der Waals surface area (Å²) >= 11 is 1.14. The predicted octanol–water partition coefficient (Wildman–Crippen LogP) is 3.64. The molecule has 0 bridgehead atoms. The Hall–Kier alpha value is -3.70. The molecule has 0 fully saturated rings. The first-order valence-electron chi connectivity index (χ1n) is 10.1. The number of dihydropyridines is 1. The minimum atomic E-state index is -0.678. The summed E-state index contributed by atoms with van der Waals surface area (Å²) in [6.45, 7) is 4.08. The van der Waals surface area contributed by atoms with Gasteiger partial charge in [0.05, 0.1) is 34.9 Å². The van der Waals surface area contributed by atoms with Crippen molar-refractivity contribution in [3.63, 3.8) is 0 Å². The van der Waals surface area contributed by atoms with Crippen LogP contribution in [-0.2, 0) is 9.59 Å². The standard InChI is InChI=1S/C24H24N4O3S/c1-3-31-19-12-8-7-11-17(19)22-18(13-25)24(32-14-20(26)29)27-15(2)21(22)23(30)28-16-9-5-4-6-10-16/h4-12,22,27H,3,14H2,1-2H3,(H2,26,29)(H,28,30). The highest BCUT2D eigenvalue weighted by molar-refractivity contribution is 8.03. The summed E-state index contributed by atoms with van der Waals surface area (Å²) in [5, 5.41) is 16.6. The Morgan fingerprint density at radius 1 is 1.19 bits per heavy atom. The molecule has 1 aliphatic rings. The van der Waals surface area contributed by atoms with Gasteiger partial charge in [-0.25, -0.2) is 0 Å². The first kappa shape index (κ1) is 23.0. The topological polar surface area (TPSA) is 117 Å². The summed E-state index contributed by atoms with van der Waals surface area (Å²) in [6.07, 6.45) is 0. The number of thioether (sulfide) groups is 1. The first-order valence-corrected chi connectivity index (χ1v) is 11.1. The third kappa shape index (κ3) is 5.13. The highest BCUT2D eigenvalue weighted by Gasteiger charge is 2.36. The number of nitrogens with zero attached hydrogens (tertiary/aromatic N) is 1. The van der Waals surface area contributed by atoms with Crippen LogP contribution >= 0.6 is 11.8 Å². The number of carbonyl (C=O) groups is 2. The van der Waals surface area contributed by atoms with Crippen molar-refractivity contribution in [3.05, 3.63) is 82.0 Å². The fourth-order valence-corrected chi connectivity index (χ4v) is 4.34.